The summed E-state index contributed by atoms with van der Waals surface area (Å²) in [5.74, 6) is 0.646. The maximum atomic E-state index is 6.15. The highest BCUT2D eigenvalue weighted by Crippen LogP contribution is 2.08. The molecule has 1 aromatic carbocycles. The van der Waals surface area contributed by atoms with Crippen molar-refractivity contribution in [3.63, 3.8) is 0 Å². The van der Waals surface area contributed by atoms with Gasteiger partial charge in [-0.1, -0.05) is 30.3 Å². The van der Waals surface area contributed by atoms with Crippen LogP contribution in [-0.2, 0) is 6.42 Å². The molecule has 0 saturated carbocycles. The second-order valence-electron chi connectivity index (χ2n) is 5.20. The van der Waals surface area contributed by atoms with Crippen LogP contribution in [0.25, 0.3) is 0 Å². The number of hydrogen-bond acceptors (Lipinski definition) is 5. The molecule has 2 rings (SSSR count). The average Bonchev–Trinajstić information content (AvgIpc) is 2.46. The molecule has 0 bridgehead atoms. The monoisotopic (exact) mass is 285 g/mol. The molecule has 1 unspecified atom stereocenters. The lowest BCUT2D eigenvalue weighted by molar-refractivity contribution is 0.515. The van der Waals surface area contributed by atoms with Gasteiger partial charge in [0.1, 0.15) is 6.29 Å². The molecule has 0 aliphatic heterocycles. The van der Waals surface area contributed by atoms with Gasteiger partial charge in [-0.3, -0.25) is 11.1 Å². The van der Waals surface area contributed by atoms with Crippen molar-refractivity contribution in [3.05, 3.63) is 53.3 Å². The predicted molar refractivity (Wildman–Crippen MR) is 86.0 cm³/mol. The standard InChI is InChI=1S/C16H23N5/c1-12-11-13(2)20-16(19-12)21(3)15(17)18-10-9-14-7-5-4-6-8-14/h4-8,11,15,18H,9-10,17H2,1-3H3. The Labute approximate surface area is 126 Å². The maximum Gasteiger partial charge on any atom is 0.227 e. The molecule has 0 saturated heterocycles. The van der Waals surface area contributed by atoms with Gasteiger partial charge in [0, 0.05) is 25.0 Å². The highest BCUT2D eigenvalue weighted by Gasteiger charge is 2.12. The van der Waals surface area contributed by atoms with E-state index in [1.165, 1.54) is 5.56 Å². The molecule has 3 N–H and O–H groups in total. The van der Waals surface area contributed by atoms with Crippen LogP contribution in [-0.4, -0.2) is 29.9 Å². The van der Waals surface area contributed by atoms with E-state index >= 15 is 0 Å². The molecule has 0 spiro atoms. The largest absolute Gasteiger partial charge is 0.316 e. The van der Waals surface area contributed by atoms with Crippen molar-refractivity contribution >= 4 is 5.95 Å². The van der Waals surface area contributed by atoms with Gasteiger partial charge in [-0.25, -0.2) is 9.97 Å². The Morgan fingerprint density at radius 2 is 1.76 bits per heavy atom. The summed E-state index contributed by atoms with van der Waals surface area (Å²) in [6.45, 7) is 4.72. The average molecular weight is 285 g/mol. The van der Waals surface area contributed by atoms with Crippen LogP contribution in [0.3, 0.4) is 0 Å². The number of benzene rings is 1. The van der Waals surface area contributed by atoms with Gasteiger partial charge in [0.15, 0.2) is 0 Å². The zero-order valence-corrected chi connectivity index (χ0v) is 12.9. The molecule has 21 heavy (non-hydrogen) atoms. The molecule has 0 aliphatic carbocycles. The van der Waals surface area contributed by atoms with E-state index in [0.717, 1.165) is 24.4 Å². The third-order valence-corrected chi connectivity index (χ3v) is 3.31. The fourth-order valence-corrected chi connectivity index (χ4v) is 2.14. The van der Waals surface area contributed by atoms with Gasteiger partial charge >= 0.3 is 0 Å². The Morgan fingerprint density at radius 1 is 1.14 bits per heavy atom. The normalized spacial score (nSPS) is 12.2. The Bertz CT molecular complexity index is 550. The number of nitrogens with two attached hydrogens (primary N) is 1. The van der Waals surface area contributed by atoms with Gasteiger partial charge in [-0.05, 0) is 31.9 Å². The van der Waals surface area contributed by atoms with Crippen molar-refractivity contribution in [2.75, 3.05) is 18.5 Å². The van der Waals surface area contributed by atoms with Crippen LogP contribution >= 0.6 is 0 Å². The molecule has 0 fully saturated rings. The van der Waals surface area contributed by atoms with Crippen LogP contribution in [0, 0.1) is 13.8 Å². The van der Waals surface area contributed by atoms with Crippen molar-refractivity contribution in [2.24, 2.45) is 5.73 Å². The van der Waals surface area contributed by atoms with E-state index in [4.69, 9.17) is 5.73 Å². The molecule has 1 atom stereocenters. The molecule has 0 amide bonds. The Morgan fingerprint density at radius 3 is 2.38 bits per heavy atom. The van der Waals surface area contributed by atoms with E-state index in [0.29, 0.717) is 5.95 Å². The summed E-state index contributed by atoms with van der Waals surface area (Å²) >= 11 is 0. The summed E-state index contributed by atoms with van der Waals surface area (Å²) in [5.41, 5.74) is 9.33. The third kappa shape index (κ3) is 4.51. The minimum Gasteiger partial charge on any atom is -0.316 e. The molecule has 5 heteroatoms. The number of aromatic nitrogens is 2. The lowest BCUT2D eigenvalue weighted by Crippen LogP contribution is -2.51. The summed E-state index contributed by atoms with van der Waals surface area (Å²) in [6.07, 6.45) is 0.630. The fraction of sp³-hybridized carbons (Fsp3) is 0.375. The quantitative estimate of drug-likeness (QED) is 0.789. The van der Waals surface area contributed by atoms with Crippen molar-refractivity contribution in [1.82, 2.24) is 15.3 Å². The van der Waals surface area contributed by atoms with Gasteiger partial charge in [-0.15, -0.1) is 0 Å². The molecular weight excluding hydrogens is 262 g/mol. The van der Waals surface area contributed by atoms with Crippen LogP contribution in [0.1, 0.15) is 17.0 Å². The lowest BCUT2D eigenvalue weighted by atomic mass is 10.1. The second kappa shape index (κ2) is 7.15. The van der Waals surface area contributed by atoms with Gasteiger partial charge in [0.2, 0.25) is 5.95 Å². The first-order valence-corrected chi connectivity index (χ1v) is 7.14. The van der Waals surface area contributed by atoms with Crippen LogP contribution < -0.4 is 16.0 Å². The molecule has 112 valence electrons. The number of anilines is 1. The van der Waals surface area contributed by atoms with E-state index in [-0.39, 0.29) is 6.29 Å². The summed E-state index contributed by atoms with van der Waals surface area (Å²) in [4.78, 5) is 10.7. The fourth-order valence-electron chi connectivity index (χ4n) is 2.14. The summed E-state index contributed by atoms with van der Waals surface area (Å²) in [7, 11) is 1.90. The molecule has 5 nitrogen and oxygen atoms in total. The van der Waals surface area contributed by atoms with Gasteiger partial charge in [-0.2, -0.15) is 0 Å². The first-order chi connectivity index (χ1) is 10.1. The summed E-state index contributed by atoms with van der Waals surface area (Å²) in [6, 6.07) is 12.3. The molecule has 1 aromatic heterocycles. The van der Waals surface area contributed by atoms with Crippen LogP contribution in [0.5, 0.6) is 0 Å². The number of hydrogen-bond donors (Lipinski definition) is 2. The van der Waals surface area contributed by atoms with Crippen LogP contribution in [0.15, 0.2) is 36.4 Å². The van der Waals surface area contributed by atoms with E-state index < -0.39 is 0 Å². The highest BCUT2D eigenvalue weighted by atomic mass is 15.4. The topological polar surface area (TPSA) is 67.1 Å². The van der Waals surface area contributed by atoms with E-state index in [9.17, 15) is 0 Å². The summed E-state index contributed by atoms with van der Waals surface area (Å²) < 4.78 is 0. The Kier molecular flexibility index (Phi) is 5.25. The van der Waals surface area contributed by atoms with Crippen molar-refractivity contribution < 1.29 is 0 Å². The van der Waals surface area contributed by atoms with Crippen molar-refractivity contribution in [3.8, 4) is 0 Å². The predicted octanol–water partition coefficient (Wildman–Crippen LogP) is 1.60. The second-order valence-corrected chi connectivity index (χ2v) is 5.20. The van der Waals surface area contributed by atoms with Crippen molar-refractivity contribution in [2.45, 2.75) is 26.6 Å². The van der Waals surface area contributed by atoms with Gasteiger partial charge < -0.3 is 4.90 Å². The van der Waals surface area contributed by atoms with E-state index in [2.05, 4.69) is 27.4 Å². The van der Waals surface area contributed by atoms with Crippen LogP contribution in [0.4, 0.5) is 5.95 Å². The Balaban J connectivity index is 1.89. The van der Waals surface area contributed by atoms with Gasteiger partial charge in [0.25, 0.3) is 0 Å². The smallest absolute Gasteiger partial charge is 0.227 e. The van der Waals surface area contributed by atoms with E-state index in [1.54, 1.807) is 0 Å². The highest BCUT2D eigenvalue weighted by molar-refractivity contribution is 5.31. The van der Waals surface area contributed by atoms with E-state index in [1.807, 2.05) is 50.1 Å². The SMILES string of the molecule is Cc1cc(C)nc(N(C)C(N)NCCc2ccccc2)n1. The maximum absolute atomic E-state index is 6.15. The zero-order valence-electron chi connectivity index (χ0n) is 12.9. The number of aryl methyl sites for hydroxylation is 2. The number of rotatable bonds is 6. The minimum absolute atomic E-state index is 0.310. The molecule has 1 heterocycles. The Hall–Kier alpha value is -1.98. The number of nitrogens with one attached hydrogen (secondary N) is 1. The minimum atomic E-state index is -0.310. The van der Waals surface area contributed by atoms with Gasteiger partial charge in [0.05, 0.1) is 0 Å². The molecule has 2 aromatic rings. The zero-order chi connectivity index (χ0) is 15.2. The molecular formula is C16H23N5. The first kappa shape index (κ1) is 15.4. The van der Waals surface area contributed by atoms with Crippen molar-refractivity contribution in [1.29, 1.82) is 0 Å². The number of nitrogens with zero attached hydrogens (tertiary/aromatic N) is 3. The summed E-state index contributed by atoms with van der Waals surface area (Å²) in [5, 5.41) is 3.29. The third-order valence-electron chi connectivity index (χ3n) is 3.31. The first-order valence-electron chi connectivity index (χ1n) is 7.14. The molecule has 0 radical (unpaired) electrons. The lowest BCUT2D eigenvalue weighted by Gasteiger charge is -2.26. The van der Waals surface area contributed by atoms with Crippen LogP contribution in [0.2, 0.25) is 0 Å². The molecule has 0 aliphatic rings.